The van der Waals surface area contributed by atoms with Crippen molar-refractivity contribution in [1.29, 1.82) is 0 Å². The predicted octanol–water partition coefficient (Wildman–Crippen LogP) is 14.9. The maximum absolute atomic E-state index is 9.85. The van der Waals surface area contributed by atoms with Gasteiger partial charge in [-0.3, -0.25) is 0 Å². The van der Waals surface area contributed by atoms with Crippen LogP contribution in [0, 0.1) is 5.92 Å². The van der Waals surface area contributed by atoms with Gasteiger partial charge in [-0.15, -0.1) is 0 Å². The minimum Gasteiger partial charge on any atom is -0.456 e. The largest absolute Gasteiger partial charge is 0.456 e. The summed E-state index contributed by atoms with van der Waals surface area (Å²) in [6.07, 6.45) is 0. The summed E-state index contributed by atoms with van der Waals surface area (Å²) in [4.78, 5) is 0. The van der Waals surface area contributed by atoms with Crippen LogP contribution in [-0.4, -0.2) is 0 Å². The molecule has 3 aliphatic carbocycles. The molecule has 1 nitrogen and oxygen atoms in total. The van der Waals surface area contributed by atoms with Crippen LogP contribution >= 0.6 is 0 Å². The van der Waals surface area contributed by atoms with Crippen molar-refractivity contribution in [3.8, 4) is 33.4 Å². The second-order valence-electron chi connectivity index (χ2n) is 14.1. The Kier molecular flexibility index (Phi) is 3.43. The van der Waals surface area contributed by atoms with E-state index in [9.17, 15) is 12.3 Å². The standard InChI is InChI=1S/C54H32O/c1-2-6-38-30-50-48(27-37(38)5-1)47-29-40(20-26-49(47)55-50)42-22-19-39(41-21-15-35-13-11-31-7-3-9-33-17-24-44(41)53(35)51(31)33)28-46(42)43-23-16-36-14-12-32-8-4-10-34-18-25-45(43)54(36)52(32)34/h1-30,34,52H/i3D,4D,7D,8D,9D,10D,11D,12D,13D,14D,15D,16D,17D,18D,21D,23D,24D,25D. The van der Waals surface area contributed by atoms with Gasteiger partial charge in [-0.25, -0.2) is 0 Å². The quantitative estimate of drug-likeness (QED) is 0.166. The van der Waals surface area contributed by atoms with Crippen LogP contribution in [0.2, 0.25) is 0 Å². The van der Waals surface area contributed by atoms with E-state index in [0.717, 1.165) is 21.5 Å². The lowest BCUT2D eigenvalue weighted by molar-refractivity contribution is 0.665. The zero-order valence-corrected chi connectivity index (χ0v) is 28.5. The number of fused-ring (bicyclic) bond motifs is 4. The van der Waals surface area contributed by atoms with Crippen molar-refractivity contribution in [2.45, 2.75) is 5.92 Å². The normalized spacial score (nSPS) is 22.8. The van der Waals surface area contributed by atoms with E-state index in [1.807, 2.05) is 42.5 Å². The molecule has 0 fully saturated rings. The maximum Gasteiger partial charge on any atom is 0.136 e. The molecule has 0 amide bonds. The summed E-state index contributed by atoms with van der Waals surface area (Å²) in [7, 11) is 0. The van der Waals surface area contributed by atoms with Crippen LogP contribution in [0.3, 0.4) is 0 Å². The fourth-order valence-electron chi connectivity index (χ4n) is 8.65. The molecule has 2 unspecified atom stereocenters. The molecule has 13 rings (SSSR count). The van der Waals surface area contributed by atoms with E-state index in [-0.39, 0.29) is 76.8 Å². The van der Waals surface area contributed by atoms with Gasteiger partial charge in [-0.05, 0) is 129 Å². The first-order chi connectivity index (χ1) is 34.8. The highest BCUT2D eigenvalue weighted by molar-refractivity contribution is 6.25. The van der Waals surface area contributed by atoms with Crippen molar-refractivity contribution in [3.63, 3.8) is 0 Å². The van der Waals surface area contributed by atoms with E-state index in [0.29, 0.717) is 22.3 Å². The maximum atomic E-state index is 9.85. The third-order valence-electron chi connectivity index (χ3n) is 11.2. The SMILES string of the molecule is [2H]C1=C([2H])c2c([2H])c([2H])c(-c3cc(-c4c([2H])c([2H])c5c([2H])c([2H])c6c([2H])c([2H])c([2H])c7c([2H])c([2H])c4c5c67)ccc3-c3ccc4oc5cc6ccccc6cc5c4c3)c3c2C2C1=C([2H])C([2H])=C([2H])C2C([2H])=C3[2H]. The number of allylic oxidation sites excluding steroid dienone is 6. The Morgan fingerprint density at radius 1 is 0.509 bits per heavy atom. The molecule has 0 radical (unpaired) electrons. The summed E-state index contributed by atoms with van der Waals surface area (Å²) in [5.41, 5.74) is 1.97. The van der Waals surface area contributed by atoms with E-state index >= 15 is 0 Å². The van der Waals surface area contributed by atoms with Crippen LogP contribution in [-0.2, 0) is 0 Å². The molecule has 0 saturated carbocycles. The molecule has 0 N–H and O–H groups in total. The smallest absolute Gasteiger partial charge is 0.136 e. The van der Waals surface area contributed by atoms with Gasteiger partial charge in [0, 0.05) is 22.6 Å². The Bertz CT molecular complexity index is 4460. The van der Waals surface area contributed by atoms with Crippen LogP contribution in [0.5, 0.6) is 0 Å². The van der Waals surface area contributed by atoms with Crippen molar-refractivity contribution in [2.24, 2.45) is 5.92 Å². The van der Waals surface area contributed by atoms with Gasteiger partial charge < -0.3 is 4.42 Å². The van der Waals surface area contributed by atoms with Gasteiger partial charge in [-0.1, -0.05) is 151 Å². The van der Waals surface area contributed by atoms with Crippen LogP contribution in [0.15, 0.2) is 180 Å². The average Bonchev–Trinajstić information content (AvgIpc) is 3.73. The van der Waals surface area contributed by atoms with E-state index in [1.165, 1.54) is 0 Å². The highest BCUT2D eigenvalue weighted by Crippen LogP contribution is 2.51. The Morgan fingerprint density at radius 2 is 1.27 bits per heavy atom. The molecular formula is C54H32O. The summed E-state index contributed by atoms with van der Waals surface area (Å²) in [6.45, 7) is 0. The third-order valence-corrected chi connectivity index (χ3v) is 11.2. The molecule has 3 aliphatic rings. The minimum absolute atomic E-state index is 0.0167. The third kappa shape index (κ3) is 4.13. The van der Waals surface area contributed by atoms with Crippen LogP contribution in [0.1, 0.15) is 47.3 Å². The van der Waals surface area contributed by atoms with E-state index in [1.54, 1.807) is 30.3 Å². The molecular weight excluding hydrogens is 665 g/mol. The Labute approximate surface area is 343 Å². The zero-order valence-electron chi connectivity index (χ0n) is 46.5. The van der Waals surface area contributed by atoms with Gasteiger partial charge in [0.25, 0.3) is 0 Å². The minimum atomic E-state index is -1.31. The predicted molar refractivity (Wildman–Crippen MR) is 233 cm³/mol. The fourth-order valence-corrected chi connectivity index (χ4v) is 8.65. The van der Waals surface area contributed by atoms with Gasteiger partial charge in [0.05, 0.1) is 24.7 Å². The molecule has 0 bridgehead atoms. The van der Waals surface area contributed by atoms with Gasteiger partial charge in [0.15, 0.2) is 0 Å². The molecule has 55 heavy (non-hydrogen) atoms. The van der Waals surface area contributed by atoms with Crippen molar-refractivity contribution in [2.75, 3.05) is 0 Å². The average molecular weight is 715 g/mol. The first-order valence-electron chi connectivity index (χ1n) is 26.9. The number of furan rings is 1. The summed E-state index contributed by atoms with van der Waals surface area (Å²) in [6, 6.07) is 12.8. The van der Waals surface area contributed by atoms with Crippen LogP contribution < -0.4 is 0 Å². The van der Waals surface area contributed by atoms with E-state index in [2.05, 4.69) is 0 Å². The molecule has 10 aromatic rings. The monoisotopic (exact) mass is 714 g/mol. The number of hydrogen-bond acceptors (Lipinski definition) is 1. The molecule has 0 spiro atoms. The van der Waals surface area contributed by atoms with E-state index < -0.39 is 121 Å². The number of hydrogen-bond donors (Lipinski definition) is 0. The van der Waals surface area contributed by atoms with Gasteiger partial charge in [0.1, 0.15) is 11.2 Å². The first-order valence-corrected chi connectivity index (χ1v) is 17.9. The number of rotatable bonds is 3. The molecule has 9 aromatic carbocycles. The lowest BCUT2D eigenvalue weighted by Gasteiger charge is -2.36. The highest BCUT2D eigenvalue weighted by atomic mass is 16.3. The van der Waals surface area contributed by atoms with Crippen LogP contribution in [0.4, 0.5) is 0 Å². The molecule has 2 atom stereocenters. The molecule has 0 saturated heterocycles. The Hall–Kier alpha value is -6.96. The van der Waals surface area contributed by atoms with Gasteiger partial charge in [-0.2, -0.15) is 0 Å². The Balaban J connectivity index is 1.19. The summed E-state index contributed by atoms with van der Waals surface area (Å²) >= 11 is 0. The van der Waals surface area contributed by atoms with Crippen molar-refractivity contribution in [3.05, 3.63) is 192 Å². The second kappa shape index (κ2) is 10.8. The molecule has 254 valence electrons. The lowest BCUT2D eigenvalue weighted by Crippen LogP contribution is -2.21. The summed E-state index contributed by atoms with van der Waals surface area (Å²) < 4.78 is 172. The van der Waals surface area contributed by atoms with Crippen LogP contribution in [0.25, 0.3) is 111 Å². The highest BCUT2D eigenvalue weighted by Gasteiger charge is 2.33. The summed E-state index contributed by atoms with van der Waals surface area (Å²) in [5, 5.41) is 2.63. The lowest BCUT2D eigenvalue weighted by atomic mass is 9.68. The molecule has 1 heteroatoms. The summed E-state index contributed by atoms with van der Waals surface area (Å²) in [5.74, 6) is -2.52. The van der Waals surface area contributed by atoms with Gasteiger partial charge in [0.2, 0.25) is 0 Å². The van der Waals surface area contributed by atoms with Crippen molar-refractivity contribution < 1.29 is 29.1 Å². The van der Waals surface area contributed by atoms with Gasteiger partial charge >= 0.3 is 0 Å². The topological polar surface area (TPSA) is 13.1 Å². The Morgan fingerprint density at radius 3 is 2.18 bits per heavy atom. The molecule has 0 aliphatic heterocycles. The number of benzene rings is 9. The van der Waals surface area contributed by atoms with E-state index in [4.69, 9.17) is 16.8 Å². The molecule has 1 aromatic heterocycles. The fraction of sp³-hybridized carbons (Fsp3) is 0.0370. The van der Waals surface area contributed by atoms with Crippen molar-refractivity contribution in [1.82, 2.24) is 0 Å². The van der Waals surface area contributed by atoms with Crippen molar-refractivity contribution >= 4 is 77.1 Å². The second-order valence-corrected chi connectivity index (χ2v) is 14.1. The molecule has 1 heterocycles. The zero-order chi connectivity index (χ0) is 51.4. The first kappa shape index (κ1) is 17.5.